The predicted molar refractivity (Wildman–Crippen MR) is 74.0 cm³/mol. The van der Waals surface area contributed by atoms with E-state index in [1.165, 1.54) is 11.1 Å². The van der Waals surface area contributed by atoms with Gasteiger partial charge in [-0.2, -0.15) is 9.67 Å². The zero-order valence-corrected chi connectivity index (χ0v) is 11.2. The normalized spacial score (nSPS) is 10.9. The summed E-state index contributed by atoms with van der Waals surface area (Å²) < 4.78 is 1.66. The first-order chi connectivity index (χ1) is 8.45. The van der Waals surface area contributed by atoms with Gasteiger partial charge in [0.2, 0.25) is 11.9 Å². The predicted octanol–water partition coefficient (Wildman–Crippen LogP) is 2.29. The van der Waals surface area contributed by atoms with Crippen molar-refractivity contribution in [2.75, 3.05) is 11.1 Å². The molecule has 0 amide bonds. The second kappa shape index (κ2) is 4.68. The molecule has 96 valence electrons. The smallest absolute Gasteiger partial charge is 0.244 e. The van der Waals surface area contributed by atoms with E-state index in [1.807, 2.05) is 26.0 Å². The van der Waals surface area contributed by atoms with Crippen molar-refractivity contribution in [2.24, 2.45) is 0 Å². The quantitative estimate of drug-likeness (QED) is 0.870. The van der Waals surface area contributed by atoms with Crippen molar-refractivity contribution < 1.29 is 0 Å². The highest BCUT2D eigenvalue weighted by molar-refractivity contribution is 5.45. The lowest BCUT2D eigenvalue weighted by Gasteiger charge is -2.06. The van der Waals surface area contributed by atoms with Crippen molar-refractivity contribution in [2.45, 2.75) is 33.7 Å². The van der Waals surface area contributed by atoms with Crippen LogP contribution in [0.1, 0.15) is 25.0 Å². The van der Waals surface area contributed by atoms with Crippen molar-refractivity contribution in [1.29, 1.82) is 0 Å². The topological polar surface area (TPSA) is 68.8 Å². The summed E-state index contributed by atoms with van der Waals surface area (Å²) in [5.74, 6) is 0.949. The fraction of sp³-hybridized carbons (Fsp3) is 0.385. The highest BCUT2D eigenvalue weighted by Crippen LogP contribution is 2.17. The minimum absolute atomic E-state index is 0.277. The van der Waals surface area contributed by atoms with E-state index in [9.17, 15) is 0 Å². The van der Waals surface area contributed by atoms with E-state index in [-0.39, 0.29) is 6.04 Å². The van der Waals surface area contributed by atoms with E-state index in [0.717, 1.165) is 5.69 Å². The summed E-state index contributed by atoms with van der Waals surface area (Å²) in [4.78, 5) is 4.21. The summed E-state index contributed by atoms with van der Waals surface area (Å²) in [6.45, 7) is 8.18. The Kier molecular flexibility index (Phi) is 3.23. The number of anilines is 2. The van der Waals surface area contributed by atoms with Gasteiger partial charge in [-0.1, -0.05) is 6.07 Å². The summed E-state index contributed by atoms with van der Waals surface area (Å²) in [5.41, 5.74) is 9.20. The maximum absolute atomic E-state index is 5.90. The van der Waals surface area contributed by atoms with E-state index in [4.69, 9.17) is 5.73 Å². The lowest BCUT2D eigenvalue weighted by molar-refractivity contribution is 0.848. The molecule has 0 fully saturated rings. The average molecular weight is 245 g/mol. The van der Waals surface area contributed by atoms with Gasteiger partial charge in [-0.05, 0) is 51.0 Å². The molecule has 1 aromatic heterocycles. The number of aryl methyl sites for hydroxylation is 2. The maximum atomic E-state index is 5.90. The molecule has 5 nitrogen and oxygen atoms in total. The van der Waals surface area contributed by atoms with E-state index in [1.54, 1.807) is 4.68 Å². The third kappa shape index (κ3) is 2.61. The molecule has 3 N–H and O–H groups in total. The number of benzene rings is 1. The van der Waals surface area contributed by atoms with Gasteiger partial charge in [-0.15, -0.1) is 5.10 Å². The van der Waals surface area contributed by atoms with Crippen LogP contribution in [-0.2, 0) is 0 Å². The number of nitrogens with zero attached hydrogens (tertiary/aromatic N) is 3. The summed E-state index contributed by atoms with van der Waals surface area (Å²) in [6.07, 6.45) is 0. The number of hydrogen-bond donors (Lipinski definition) is 2. The van der Waals surface area contributed by atoms with Gasteiger partial charge in [0.25, 0.3) is 0 Å². The van der Waals surface area contributed by atoms with Gasteiger partial charge in [0.05, 0.1) is 5.69 Å². The molecule has 1 aromatic carbocycles. The molecule has 2 rings (SSSR count). The van der Waals surface area contributed by atoms with Crippen LogP contribution < -0.4 is 11.1 Å². The van der Waals surface area contributed by atoms with Gasteiger partial charge in [0.1, 0.15) is 0 Å². The first-order valence-corrected chi connectivity index (χ1v) is 6.03. The van der Waals surface area contributed by atoms with Crippen molar-refractivity contribution >= 4 is 11.9 Å². The first-order valence-electron chi connectivity index (χ1n) is 6.03. The monoisotopic (exact) mass is 245 g/mol. The first kappa shape index (κ1) is 12.4. The molecule has 0 spiro atoms. The van der Waals surface area contributed by atoms with Gasteiger partial charge in [0.15, 0.2) is 0 Å². The zero-order chi connectivity index (χ0) is 13.3. The molecule has 0 aliphatic rings. The Labute approximate surface area is 107 Å². The molecule has 0 unspecified atom stereocenters. The number of hydrogen-bond acceptors (Lipinski definition) is 4. The van der Waals surface area contributed by atoms with E-state index < -0.39 is 0 Å². The number of nitrogens with one attached hydrogen (secondary N) is 1. The van der Waals surface area contributed by atoms with Gasteiger partial charge in [-0.25, -0.2) is 0 Å². The van der Waals surface area contributed by atoms with Gasteiger partial charge >= 0.3 is 0 Å². The van der Waals surface area contributed by atoms with Gasteiger partial charge in [-0.3, -0.25) is 0 Å². The van der Waals surface area contributed by atoms with Gasteiger partial charge < -0.3 is 11.1 Å². The average Bonchev–Trinajstić information content (AvgIpc) is 2.56. The Balaban J connectivity index is 2.41. The fourth-order valence-corrected chi connectivity index (χ4v) is 1.91. The van der Waals surface area contributed by atoms with Crippen molar-refractivity contribution in [3.8, 4) is 5.69 Å². The largest absolute Gasteiger partial charge is 0.368 e. The van der Waals surface area contributed by atoms with Crippen molar-refractivity contribution in [3.63, 3.8) is 0 Å². The molecular formula is C13H19N5. The summed E-state index contributed by atoms with van der Waals surface area (Å²) in [7, 11) is 0. The Bertz CT molecular complexity index is 536. The molecule has 0 saturated heterocycles. The molecule has 0 radical (unpaired) electrons. The minimum Gasteiger partial charge on any atom is -0.368 e. The van der Waals surface area contributed by atoms with E-state index in [0.29, 0.717) is 11.9 Å². The minimum atomic E-state index is 0.277. The van der Waals surface area contributed by atoms with E-state index in [2.05, 4.69) is 35.3 Å². The standard InChI is InChI=1S/C13H19N5/c1-8(2)15-13-16-12(14)18(17-13)11-6-9(3)5-10(4)7-11/h5-8H,1-4H3,(H3,14,15,16,17). The Morgan fingerprint density at radius 2 is 1.78 bits per heavy atom. The van der Waals surface area contributed by atoms with Crippen LogP contribution in [0.5, 0.6) is 0 Å². The number of nitrogen functional groups attached to an aromatic ring is 1. The molecule has 1 heterocycles. The highest BCUT2D eigenvalue weighted by Gasteiger charge is 2.09. The van der Waals surface area contributed by atoms with E-state index >= 15 is 0 Å². The summed E-state index contributed by atoms with van der Waals surface area (Å²) >= 11 is 0. The lowest BCUT2D eigenvalue weighted by atomic mass is 10.1. The zero-order valence-electron chi connectivity index (χ0n) is 11.2. The second-order valence-corrected chi connectivity index (χ2v) is 4.85. The van der Waals surface area contributed by atoms with Crippen LogP contribution in [0.4, 0.5) is 11.9 Å². The van der Waals surface area contributed by atoms with Crippen LogP contribution in [0.3, 0.4) is 0 Å². The third-order valence-corrected chi connectivity index (χ3v) is 2.50. The number of nitrogens with two attached hydrogens (primary N) is 1. The lowest BCUT2D eigenvalue weighted by Crippen LogP contribution is -2.11. The van der Waals surface area contributed by atoms with Crippen molar-refractivity contribution in [1.82, 2.24) is 14.8 Å². The molecule has 0 atom stereocenters. The van der Waals surface area contributed by atoms with Crippen molar-refractivity contribution in [3.05, 3.63) is 29.3 Å². The molecule has 2 aromatic rings. The fourth-order valence-electron chi connectivity index (χ4n) is 1.91. The highest BCUT2D eigenvalue weighted by atomic mass is 15.4. The summed E-state index contributed by atoms with van der Waals surface area (Å²) in [6, 6.07) is 6.47. The number of rotatable bonds is 3. The third-order valence-electron chi connectivity index (χ3n) is 2.50. The summed E-state index contributed by atoms with van der Waals surface area (Å²) in [5, 5.41) is 7.51. The van der Waals surface area contributed by atoms with Crippen LogP contribution in [0, 0.1) is 13.8 Å². The van der Waals surface area contributed by atoms with Gasteiger partial charge in [0, 0.05) is 6.04 Å². The van der Waals surface area contributed by atoms with Crippen LogP contribution >= 0.6 is 0 Å². The number of aromatic nitrogens is 3. The molecule has 5 heteroatoms. The second-order valence-electron chi connectivity index (χ2n) is 4.85. The SMILES string of the molecule is Cc1cc(C)cc(-n2nc(NC(C)C)nc2N)c1. The maximum Gasteiger partial charge on any atom is 0.244 e. The molecule has 0 aliphatic carbocycles. The molecule has 0 aliphatic heterocycles. The Morgan fingerprint density at radius 3 is 2.33 bits per heavy atom. The van der Waals surface area contributed by atoms with Crippen LogP contribution in [-0.4, -0.2) is 20.8 Å². The van der Waals surface area contributed by atoms with Crippen LogP contribution in [0.15, 0.2) is 18.2 Å². The molecule has 0 bridgehead atoms. The molecule has 0 saturated carbocycles. The Hall–Kier alpha value is -2.04. The molecule has 18 heavy (non-hydrogen) atoms. The van der Waals surface area contributed by atoms with Crippen LogP contribution in [0.2, 0.25) is 0 Å². The molecular weight excluding hydrogens is 226 g/mol. The van der Waals surface area contributed by atoms with Crippen LogP contribution in [0.25, 0.3) is 5.69 Å². The Morgan fingerprint density at radius 1 is 1.17 bits per heavy atom.